The molecule has 0 atom stereocenters. The number of rotatable bonds is 3. The zero-order chi connectivity index (χ0) is 11.6. The first-order valence-electron chi connectivity index (χ1n) is 5.70. The van der Waals surface area contributed by atoms with Crippen molar-refractivity contribution < 1.29 is 13.9 Å². The lowest BCUT2D eigenvalue weighted by Gasteiger charge is -2.26. The molecule has 0 amide bonds. The van der Waals surface area contributed by atoms with E-state index in [2.05, 4.69) is 0 Å². The predicted octanol–water partition coefficient (Wildman–Crippen LogP) is 3.06. The summed E-state index contributed by atoms with van der Waals surface area (Å²) < 4.78 is 25.8. The minimum absolute atomic E-state index is 0.107. The highest BCUT2D eigenvalue weighted by molar-refractivity contribution is 5.19. The Morgan fingerprint density at radius 1 is 1.12 bits per heavy atom. The average Bonchev–Trinajstić information content (AvgIpc) is 2.73. The van der Waals surface area contributed by atoms with Crippen molar-refractivity contribution in [2.75, 3.05) is 6.61 Å². The molecule has 1 saturated carbocycles. The molecule has 1 N–H and O–H groups in total. The van der Waals surface area contributed by atoms with Crippen LogP contribution in [0.5, 0.6) is 0 Å². The summed E-state index contributed by atoms with van der Waals surface area (Å²) in [6.45, 7) is 0.131. The van der Waals surface area contributed by atoms with Crippen LogP contribution in [-0.2, 0) is 6.42 Å². The summed E-state index contributed by atoms with van der Waals surface area (Å²) in [5.41, 5.74) is 0.666. The number of benzene rings is 1. The quantitative estimate of drug-likeness (QED) is 0.839. The van der Waals surface area contributed by atoms with Crippen LogP contribution < -0.4 is 0 Å². The highest BCUT2D eigenvalue weighted by Gasteiger charge is 2.33. The van der Waals surface area contributed by atoms with Gasteiger partial charge >= 0.3 is 0 Å². The Kier molecular flexibility index (Phi) is 3.24. The highest BCUT2D eigenvalue weighted by Crippen LogP contribution is 2.40. The Morgan fingerprint density at radius 2 is 1.81 bits per heavy atom. The van der Waals surface area contributed by atoms with Crippen molar-refractivity contribution in [3.8, 4) is 0 Å². The first kappa shape index (κ1) is 11.5. The molecular weight excluding hydrogens is 210 g/mol. The largest absolute Gasteiger partial charge is 0.396 e. The summed E-state index contributed by atoms with van der Waals surface area (Å²) >= 11 is 0. The van der Waals surface area contributed by atoms with Gasteiger partial charge < -0.3 is 5.11 Å². The average molecular weight is 226 g/mol. The Hall–Kier alpha value is -0.960. The molecule has 0 spiro atoms. The molecule has 1 fully saturated rings. The maximum absolute atomic E-state index is 13.0. The summed E-state index contributed by atoms with van der Waals surface area (Å²) in [7, 11) is 0. The van der Waals surface area contributed by atoms with Gasteiger partial charge in [0.25, 0.3) is 0 Å². The van der Waals surface area contributed by atoms with Gasteiger partial charge in [0.2, 0.25) is 0 Å². The van der Waals surface area contributed by atoms with Gasteiger partial charge in [0.05, 0.1) is 0 Å². The number of hydrogen-bond acceptors (Lipinski definition) is 1. The molecule has 1 aromatic carbocycles. The van der Waals surface area contributed by atoms with Crippen molar-refractivity contribution in [2.24, 2.45) is 5.41 Å². The van der Waals surface area contributed by atoms with E-state index in [1.807, 2.05) is 0 Å². The summed E-state index contributed by atoms with van der Waals surface area (Å²) in [6, 6.07) is 4.00. The third-order valence-corrected chi connectivity index (χ3v) is 3.56. The third kappa shape index (κ3) is 2.24. The van der Waals surface area contributed by atoms with Crippen LogP contribution in [0, 0.1) is 17.0 Å². The minimum Gasteiger partial charge on any atom is -0.396 e. The van der Waals surface area contributed by atoms with E-state index in [0.717, 1.165) is 37.3 Å². The maximum Gasteiger partial charge on any atom is 0.159 e. The van der Waals surface area contributed by atoms with E-state index in [1.165, 1.54) is 6.07 Å². The predicted molar refractivity (Wildman–Crippen MR) is 58.0 cm³/mol. The van der Waals surface area contributed by atoms with Gasteiger partial charge in [-0.05, 0) is 42.4 Å². The molecule has 0 heterocycles. The molecule has 16 heavy (non-hydrogen) atoms. The summed E-state index contributed by atoms with van der Waals surface area (Å²) in [5, 5.41) is 9.43. The van der Waals surface area contributed by atoms with Gasteiger partial charge in [-0.25, -0.2) is 8.78 Å². The Balaban J connectivity index is 2.16. The molecule has 0 unspecified atom stereocenters. The second-order valence-electron chi connectivity index (χ2n) is 4.79. The fraction of sp³-hybridized carbons (Fsp3) is 0.538. The van der Waals surface area contributed by atoms with E-state index in [0.29, 0.717) is 6.42 Å². The number of halogens is 2. The summed E-state index contributed by atoms with van der Waals surface area (Å²) in [5.74, 6) is -1.61. The van der Waals surface area contributed by atoms with Crippen molar-refractivity contribution in [3.63, 3.8) is 0 Å². The van der Waals surface area contributed by atoms with E-state index >= 15 is 0 Å². The second kappa shape index (κ2) is 4.50. The monoisotopic (exact) mass is 226 g/mol. The van der Waals surface area contributed by atoms with E-state index in [1.54, 1.807) is 6.07 Å². The first-order valence-corrected chi connectivity index (χ1v) is 5.70. The Morgan fingerprint density at radius 3 is 2.38 bits per heavy atom. The van der Waals surface area contributed by atoms with Gasteiger partial charge in [0.1, 0.15) is 0 Å². The van der Waals surface area contributed by atoms with Crippen LogP contribution in [0.25, 0.3) is 0 Å². The normalized spacial score (nSPS) is 18.9. The molecule has 1 aromatic rings. The lowest BCUT2D eigenvalue weighted by Crippen LogP contribution is -2.24. The van der Waals surface area contributed by atoms with Crippen molar-refractivity contribution in [1.82, 2.24) is 0 Å². The van der Waals surface area contributed by atoms with E-state index in [-0.39, 0.29) is 12.0 Å². The van der Waals surface area contributed by atoms with Gasteiger partial charge in [-0.1, -0.05) is 18.9 Å². The standard InChI is InChI=1S/C13H16F2O/c14-11-4-3-10(7-12(11)15)8-13(9-16)5-1-2-6-13/h3-4,7,16H,1-2,5-6,8-9H2. The molecule has 0 aliphatic heterocycles. The molecule has 3 heteroatoms. The zero-order valence-electron chi connectivity index (χ0n) is 9.18. The Labute approximate surface area is 94.1 Å². The molecule has 1 aliphatic carbocycles. The SMILES string of the molecule is OCC1(Cc2ccc(F)c(F)c2)CCCC1. The number of hydrogen-bond donors (Lipinski definition) is 1. The van der Waals surface area contributed by atoms with Crippen molar-refractivity contribution >= 4 is 0 Å². The number of aliphatic hydroxyl groups is 1. The van der Waals surface area contributed by atoms with Crippen LogP contribution in [0.15, 0.2) is 18.2 Å². The lowest BCUT2D eigenvalue weighted by molar-refractivity contribution is 0.130. The second-order valence-corrected chi connectivity index (χ2v) is 4.79. The van der Waals surface area contributed by atoms with Gasteiger partial charge in [-0.3, -0.25) is 0 Å². The fourth-order valence-corrected chi connectivity index (χ4v) is 2.60. The van der Waals surface area contributed by atoms with Crippen molar-refractivity contribution in [3.05, 3.63) is 35.4 Å². The molecule has 1 nitrogen and oxygen atoms in total. The zero-order valence-corrected chi connectivity index (χ0v) is 9.18. The number of aliphatic hydroxyl groups excluding tert-OH is 1. The molecule has 2 rings (SSSR count). The molecule has 0 aromatic heterocycles. The van der Waals surface area contributed by atoms with Crippen LogP contribution >= 0.6 is 0 Å². The highest BCUT2D eigenvalue weighted by atomic mass is 19.2. The van der Waals surface area contributed by atoms with Gasteiger partial charge in [0.15, 0.2) is 11.6 Å². The fourth-order valence-electron chi connectivity index (χ4n) is 2.60. The molecule has 88 valence electrons. The van der Waals surface area contributed by atoms with Gasteiger partial charge in [-0.15, -0.1) is 0 Å². The minimum atomic E-state index is -0.812. The van der Waals surface area contributed by atoms with Crippen LogP contribution in [0.3, 0.4) is 0 Å². The molecule has 0 radical (unpaired) electrons. The van der Waals surface area contributed by atoms with Crippen LogP contribution in [0.2, 0.25) is 0 Å². The molecule has 0 bridgehead atoms. The van der Waals surface area contributed by atoms with E-state index < -0.39 is 11.6 Å². The van der Waals surface area contributed by atoms with E-state index in [9.17, 15) is 13.9 Å². The lowest BCUT2D eigenvalue weighted by atomic mass is 9.81. The third-order valence-electron chi connectivity index (χ3n) is 3.56. The van der Waals surface area contributed by atoms with Gasteiger partial charge in [0, 0.05) is 6.61 Å². The molecule has 0 saturated heterocycles. The first-order chi connectivity index (χ1) is 7.65. The van der Waals surface area contributed by atoms with Gasteiger partial charge in [-0.2, -0.15) is 0 Å². The topological polar surface area (TPSA) is 20.2 Å². The molecular formula is C13H16F2O. The van der Waals surface area contributed by atoms with Crippen molar-refractivity contribution in [2.45, 2.75) is 32.1 Å². The van der Waals surface area contributed by atoms with E-state index in [4.69, 9.17) is 0 Å². The smallest absolute Gasteiger partial charge is 0.159 e. The molecule has 1 aliphatic rings. The van der Waals surface area contributed by atoms with Crippen molar-refractivity contribution in [1.29, 1.82) is 0 Å². The maximum atomic E-state index is 13.0. The van der Waals surface area contributed by atoms with Crippen LogP contribution in [0.4, 0.5) is 8.78 Å². The van der Waals surface area contributed by atoms with Crippen LogP contribution in [0.1, 0.15) is 31.2 Å². The summed E-state index contributed by atoms with van der Waals surface area (Å²) in [4.78, 5) is 0. The van der Waals surface area contributed by atoms with Crippen LogP contribution in [-0.4, -0.2) is 11.7 Å². The summed E-state index contributed by atoms with van der Waals surface area (Å²) in [6.07, 6.45) is 4.82. The Bertz CT molecular complexity index is 370.